The van der Waals surface area contributed by atoms with Crippen LogP contribution in [-0.2, 0) is 10.0 Å². The molecule has 98 valence electrons. The number of halogens is 1. The Labute approximate surface area is 106 Å². The molecule has 0 saturated carbocycles. The number of anilines is 1. The van der Waals surface area contributed by atoms with E-state index in [1.54, 1.807) is 0 Å². The Morgan fingerprint density at radius 1 is 1.28 bits per heavy atom. The SMILES string of the molecule is C=CCN(CC=C)S(=O)(=O)c1cc(N)ccc1F. The lowest BCUT2D eigenvalue weighted by atomic mass is 10.3. The number of benzene rings is 1. The van der Waals surface area contributed by atoms with Crippen molar-refractivity contribution in [3.8, 4) is 0 Å². The molecule has 18 heavy (non-hydrogen) atoms. The first-order valence-electron chi connectivity index (χ1n) is 5.20. The maximum Gasteiger partial charge on any atom is 0.246 e. The van der Waals surface area contributed by atoms with E-state index >= 15 is 0 Å². The summed E-state index contributed by atoms with van der Waals surface area (Å²) in [6, 6.07) is 3.44. The average molecular weight is 270 g/mol. The maximum absolute atomic E-state index is 13.6. The van der Waals surface area contributed by atoms with Gasteiger partial charge in [-0.2, -0.15) is 4.31 Å². The highest BCUT2D eigenvalue weighted by Crippen LogP contribution is 2.21. The van der Waals surface area contributed by atoms with Crippen molar-refractivity contribution in [2.45, 2.75) is 4.90 Å². The highest BCUT2D eigenvalue weighted by molar-refractivity contribution is 7.89. The summed E-state index contributed by atoms with van der Waals surface area (Å²) in [4.78, 5) is -0.439. The molecule has 1 rings (SSSR count). The van der Waals surface area contributed by atoms with Crippen LogP contribution in [-0.4, -0.2) is 25.8 Å². The van der Waals surface area contributed by atoms with Gasteiger partial charge in [0.25, 0.3) is 0 Å². The number of rotatable bonds is 6. The zero-order valence-corrected chi connectivity index (χ0v) is 10.7. The summed E-state index contributed by atoms with van der Waals surface area (Å²) in [5.74, 6) is -0.831. The second-order valence-electron chi connectivity index (χ2n) is 3.59. The van der Waals surface area contributed by atoms with Crippen LogP contribution in [0.1, 0.15) is 0 Å². The molecule has 0 aliphatic heterocycles. The van der Waals surface area contributed by atoms with E-state index in [4.69, 9.17) is 5.73 Å². The van der Waals surface area contributed by atoms with Crippen LogP contribution < -0.4 is 5.73 Å². The summed E-state index contributed by atoms with van der Waals surface area (Å²) < 4.78 is 39.1. The molecule has 4 nitrogen and oxygen atoms in total. The zero-order chi connectivity index (χ0) is 13.8. The molecule has 0 fully saturated rings. The smallest absolute Gasteiger partial charge is 0.246 e. The monoisotopic (exact) mass is 270 g/mol. The highest BCUT2D eigenvalue weighted by atomic mass is 32.2. The van der Waals surface area contributed by atoms with Crippen molar-refractivity contribution >= 4 is 15.7 Å². The van der Waals surface area contributed by atoms with Gasteiger partial charge < -0.3 is 5.73 Å². The summed E-state index contributed by atoms with van der Waals surface area (Å²) in [5.41, 5.74) is 5.67. The van der Waals surface area contributed by atoms with Crippen LogP contribution in [0.5, 0.6) is 0 Å². The molecular weight excluding hydrogens is 255 g/mol. The lowest BCUT2D eigenvalue weighted by Crippen LogP contribution is -2.32. The summed E-state index contributed by atoms with van der Waals surface area (Å²) >= 11 is 0. The summed E-state index contributed by atoms with van der Waals surface area (Å²) in [5, 5.41) is 0. The highest BCUT2D eigenvalue weighted by Gasteiger charge is 2.25. The van der Waals surface area contributed by atoms with Gasteiger partial charge in [-0.05, 0) is 18.2 Å². The van der Waals surface area contributed by atoms with Crippen molar-refractivity contribution in [2.24, 2.45) is 0 Å². The van der Waals surface area contributed by atoms with E-state index in [2.05, 4.69) is 13.2 Å². The third kappa shape index (κ3) is 2.96. The van der Waals surface area contributed by atoms with Gasteiger partial charge in [-0.15, -0.1) is 13.2 Å². The molecule has 6 heteroatoms. The fourth-order valence-corrected chi connectivity index (χ4v) is 2.90. The summed E-state index contributed by atoms with van der Waals surface area (Å²) in [6.45, 7) is 7.09. The molecular formula is C12H15FN2O2S. The van der Waals surface area contributed by atoms with Gasteiger partial charge >= 0.3 is 0 Å². The van der Waals surface area contributed by atoms with Gasteiger partial charge in [-0.25, -0.2) is 12.8 Å². The van der Waals surface area contributed by atoms with E-state index in [0.29, 0.717) is 0 Å². The molecule has 0 spiro atoms. The minimum atomic E-state index is -3.94. The predicted molar refractivity (Wildman–Crippen MR) is 70.0 cm³/mol. The Kier molecular flexibility index (Phi) is 4.63. The second-order valence-corrected chi connectivity index (χ2v) is 5.50. The van der Waals surface area contributed by atoms with E-state index in [9.17, 15) is 12.8 Å². The Morgan fingerprint density at radius 3 is 2.33 bits per heavy atom. The fraction of sp³-hybridized carbons (Fsp3) is 0.167. The fourth-order valence-electron chi connectivity index (χ4n) is 1.42. The largest absolute Gasteiger partial charge is 0.399 e. The van der Waals surface area contributed by atoms with Crippen LogP contribution in [0.2, 0.25) is 0 Å². The third-order valence-electron chi connectivity index (χ3n) is 2.24. The van der Waals surface area contributed by atoms with E-state index < -0.39 is 20.7 Å². The molecule has 0 amide bonds. The van der Waals surface area contributed by atoms with E-state index in [-0.39, 0.29) is 18.8 Å². The van der Waals surface area contributed by atoms with Crippen LogP contribution in [0.3, 0.4) is 0 Å². The third-order valence-corrected chi connectivity index (χ3v) is 4.09. The van der Waals surface area contributed by atoms with E-state index in [0.717, 1.165) is 16.4 Å². The predicted octanol–water partition coefficient (Wildman–Crippen LogP) is 1.77. The molecule has 1 aromatic rings. The van der Waals surface area contributed by atoms with Crippen molar-refractivity contribution in [3.05, 3.63) is 49.3 Å². The summed E-state index contributed by atoms with van der Waals surface area (Å²) in [7, 11) is -3.94. The first-order chi connectivity index (χ1) is 8.43. The first kappa shape index (κ1) is 14.4. The number of hydrogen-bond acceptors (Lipinski definition) is 3. The van der Waals surface area contributed by atoms with Crippen molar-refractivity contribution < 1.29 is 12.8 Å². The first-order valence-corrected chi connectivity index (χ1v) is 6.64. The Morgan fingerprint density at radius 2 is 1.83 bits per heavy atom. The normalized spacial score (nSPS) is 11.4. The van der Waals surface area contributed by atoms with Crippen LogP contribution in [0.4, 0.5) is 10.1 Å². The molecule has 0 atom stereocenters. The maximum atomic E-state index is 13.6. The number of nitrogens with zero attached hydrogens (tertiary/aromatic N) is 1. The van der Waals surface area contributed by atoms with Crippen molar-refractivity contribution in [3.63, 3.8) is 0 Å². The Balaban J connectivity index is 3.29. The van der Waals surface area contributed by atoms with Crippen LogP contribution in [0.15, 0.2) is 48.4 Å². The number of nitrogens with two attached hydrogens (primary N) is 1. The lowest BCUT2D eigenvalue weighted by molar-refractivity contribution is 0.467. The minimum absolute atomic E-state index is 0.0720. The van der Waals surface area contributed by atoms with Gasteiger partial charge in [-0.3, -0.25) is 0 Å². The van der Waals surface area contributed by atoms with Gasteiger partial charge in [0, 0.05) is 18.8 Å². The molecule has 0 aliphatic carbocycles. The topological polar surface area (TPSA) is 63.4 Å². The summed E-state index contributed by atoms with van der Waals surface area (Å²) in [6.07, 6.45) is 2.84. The molecule has 2 N–H and O–H groups in total. The quantitative estimate of drug-likeness (QED) is 0.633. The number of hydrogen-bond donors (Lipinski definition) is 1. The minimum Gasteiger partial charge on any atom is -0.399 e. The van der Waals surface area contributed by atoms with Crippen LogP contribution >= 0.6 is 0 Å². The standard InChI is InChI=1S/C12H15FN2O2S/c1-3-7-15(8-4-2)18(16,17)12-9-10(14)5-6-11(12)13/h3-6,9H,1-2,7-8,14H2. The number of nitrogen functional groups attached to an aromatic ring is 1. The number of sulfonamides is 1. The van der Waals surface area contributed by atoms with Gasteiger partial charge in [0.05, 0.1) is 0 Å². The molecule has 1 aromatic carbocycles. The Bertz CT molecular complexity index is 545. The Hall–Kier alpha value is -1.66. The van der Waals surface area contributed by atoms with Crippen molar-refractivity contribution in [1.29, 1.82) is 0 Å². The van der Waals surface area contributed by atoms with Crippen LogP contribution in [0.25, 0.3) is 0 Å². The molecule has 0 aliphatic rings. The molecule has 0 aromatic heterocycles. The van der Waals surface area contributed by atoms with Gasteiger partial charge in [0.1, 0.15) is 10.7 Å². The van der Waals surface area contributed by atoms with Crippen LogP contribution in [0, 0.1) is 5.82 Å². The molecule has 0 unspecified atom stereocenters. The van der Waals surface area contributed by atoms with Crippen molar-refractivity contribution in [2.75, 3.05) is 18.8 Å². The van der Waals surface area contributed by atoms with Gasteiger partial charge in [-0.1, -0.05) is 12.2 Å². The molecule has 0 radical (unpaired) electrons. The lowest BCUT2D eigenvalue weighted by Gasteiger charge is -2.19. The molecule has 0 saturated heterocycles. The second kappa shape index (κ2) is 5.79. The van der Waals surface area contributed by atoms with Gasteiger partial charge in [0.15, 0.2) is 0 Å². The zero-order valence-electron chi connectivity index (χ0n) is 9.84. The molecule has 0 heterocycles. The van der Waals surface area contributed by atoms with Crippen molar-refractivity contribution in [1.82, 2.24) is 4.31 Å². The van der Waals surface area contributed by atoms with Gasteiger partial charge in [0.2, 0.25) is 10.0 Å². The average Bonchev–Trinajstić information content (AvgIpc) is 2.32. The molecule has 0 bridgehead atoms. The van der Waals surface area contributed by atoms with E-state index in [1.807, 2.05) is 0 Å². The van der Waals surface area contributed by atoms with E-state index in [1.165, 1.54) is 18.2 Å².